The molecule has 66 heavy (non-hydrogen) atoms. The van der Waals surface area contributed by atoms with Crippen molar-refractivity contribution in [3.63, 3.8) is 0 Å². The first kappa shape index (κ1) is 45.4. The normalized spacial score (nSPS) is 19.9. The number of amides is 1. The second-order valence-electron chi connectivity index (χ2n) is 17.8. The maximum Gasteiger partial charge on any atom is 0.293 e. The van der Waals surface area contributed by atoms with E-state index in [1.54, 1.807) is 19.4 Å². The van der Waals surface area contributed by atoms with Crippen LogP contribution in [0.1, 0.15) is 61.4 Å². The topological polar surface area (TPSA) is 185 Å². The molecule has 18 heteroatoms. The Hall–Kier alpha value is -5.72. The SMILES string of the molecule is COC1(C)CCC(c2ccc(Cl)cc2)=C(CN2CCN(c3ccc(C(=O)NS(=O)(=O)c4ccc(NCC5CCOCC5)c([N+](=O)[O-])c4)c(N4CCCOc5nc6[nH]ccc6cc54)c3)CC2)C1. The van der Waals surface area contributed by atoms with E-state index in [9.17, 15) is 23.3 Å². The molecule has 0 bridgehead atoms. The molecular formula is C48H55ClN8O8S. The Balaban J connectivity index is 0.988. The summed E-state index contributed by atoms with van der Waals surface area (Å²) in [4.78, 5) is 40.2. The number of hydrogen-bond donors (Lipinski definition) is 3. The number of methoxy groups -OCH3 is 1. The summed E-state index contributed by atoms with van der Waals surface area (Å²) in [6.07, 6.45) is 6.73. The number of ether oxygens (including phenoxy) is 3. The molecule has 1 atom stereocenters. The van der Waals surface area contributed by atoms with Crippen molar-refractivity contribution in [3.8, 4) is 5.88 Å². The third-order valence-corrected chi connectivity index (χ3v) is 15.0. The number of rotatable bonds is 13. The van der Waals surface area contributed by atoms with Crippen molar-refractivity contribution in [2.45, 2.75) is 55.9 Å². The number of aromatic nitrogens is 2. The number of benzene rings is 3. The number of aromatic amines is 1. The quantitative estimate of drug-likeness (QED) is 0.0760. The Bertz CT molecular complexity index is 2750. The predicted octanol–water partition coefficient (Wildman–Crippen LogP) is 8.17. The molecule has 0 saturated carbocycles. The molecule has 5 aromatic rings. The van der Waals surface area contributed by atoms with Crippen molar-refractivity contribution in [1.29, 1.82) is 0 Å². The second-order valence-corrected chi connectivity index (χ2v) is 19.9. The number of anilines is 4. The van der Waals surface area contributed by atoms with Crippen LogP contribution in [0.2, 0.25) is 5.02 Å². The number of nitro benzene ring substituents is 1. The number of nitrogens with one attached hydrogen (secondary N) is 3. The maximum atomic E-state index is 14.4. The Morgan fingerprint density at radius 3 is 2.55 bits per heavy atom. The molecule has 3 aromatic carbocycles. The molecule has 2 saturated heterocycles. The lowest BCUT2D eigenvalue weighted by Crippen LogP contribution is -2.47. The number of nitro groups is 1. The van der Waals surface area contributed by atoms with Gasteiger partial charge in [-0.05, 0) is 123 Å². The predicted molar refractivity (Wildman–Crippen MR) is 256 cm³/mol. The minimum atomic E-state index is -4.58. The molecule has 348 valence electrons. The van der Waals surface area contributed by atoms with E-state index in [0.29, 0.717) is 80.3 Å². The Labute approximate surface area is 389 Å². The fourth-order valence-electron chi connectivity index (χ4n) is 9.54. The largest absolute Gasteiger partial charge is 0.476 e. The average molecular weight is 940 g/mol. The number of sulfonamides is 1. The summed E-state index contributed by atoms with van der Waals surface area (Å²) in [5.41, 5.74) is 6.22. The molecule has 0 radical (unpaired) electrons. The molecule has 4 aliphatic rings. The lowest BCUT2D eigenvalue weighted by Gasteiger charge is -2.40. The van der Waals surface area contributed by atoms with Gasteiger partial charge in [0.25, 0.3) is 21.6 Å². The smallest absolute Gasteiger partial charge is 0.293 e. The molecule has 9 rings (SSSR count). The van der Waals surface area contributed by atoms with Crippen molar-refractivity contribution < 1.29 is 32.3 Å². The van der Waals surface area contributed by atoms with Crippen molar-refractivity contribution in [3.05, 3.63) is 111 Å². The number of carbonyl (C=O) groups is 1. The van der Waals surface area contributed by atoms with Gasteiger partial charge in [0.05, 0.1) is 33.3 Å². The summed E-state index contributed by atoms with van der Waals surface area (Å²) in [5, 5.41) is 16.9. The van der Waals surface area contributed by atoms with E-state index in [1.165, 1.54) is 28.8 Å². The Morgan fingerprint density at radius 1 is 1.00 bits per heavy atom. The van der Waals surface area contributed by atoms with Crippen LogP contribution >= 0.6 is 11.6 Å². The van der Waals surface area contributed by atoms with E-state index < -0.39 is 31.4 Å². The number of allylic oxidation sites excluding steroid dienone is 1. The van der Waals surface area contributed by atoms with Crippen LogP contribution in [0, 0.1) is 16.0 Å². The monoisotopic (exact) mass is 938 g/mol. The van der Waals surface area contributed by atoms with Crippen LogP contribution in [0.25, 0.3) is 16.6 Å². The lowest BCUT2D eigenvalue weighted by atomic mass is 9.79. The first-order valence-corrected chi connectivity index (χ1v) is 24.4. The van der Waals surface area contributed by atoms with E-state index in [0.717, 1.165) is 68.9 Å². The van der Waals surface area contributed by atoms with Gasteiger partial charge in [-0.1, -0.05) is 23.7 Å². The molecule has 16 nitrogen and oxygen atoms in total. The first-order chi connectivity index (χ1) is 31.9. The molecule has 1 amide bonds. The van der Waals surface area contributed by atoms with Crippen LogP contribution in [0.15, 0.2) is 89.5 Å². The summed E-state index contributed by atoms with van der Waals surface area (Å²) >= 11 is 6.26. The summed E-state index contributed by atoms with van der Waals surface area (Å²) < 4.78 is 47.7. The minimum absolute atomic E-state index is 0.104. The maximum absolute atomic E-state index is 14.4. The molecule has 1 unspecified atom stereocenters. The number of hydrogen-bond acceptors (Lipinski definition) is 13. The molecular weight excluding hydrogens is 884 g/mol. The molecule has 2 fully saturated rings. The summed E-state index contributed by atoms with van der Waals surface area (Å²) in [5.74, 6) is -0.224. The van der Waals surface area contributed by atoms with E-state index in [1.807, 2.05) is 41.3 Å². The van der Waals surface area contributed by atoms with Crippen LogP contribution in [0.5, 0.6) is 5.88 Å². The fourth-order valence-corrected chi connectivity index (χ4v) is 10.7. The van der Waals surface area contributed by atoms with E-state index in [4.69, 9.17) is 30.8 Å². The zero-order chi connectivity index (χ0) is 46.0. The molecule has 3 aliphatic heterocycles. The van der Waals surface area contributed by atoms with E-state index in [-0.39, 0.29) is 22.8 Å². The van der Waals surface area contributed by atoms with Gasteiger partial charge in [-0.15, -0.1) is 0 Å². The van der Waals surface area contributed by atoms with Crippen LogP contribution in [0.3, 0.4) is 0 Å². The van der Waals surface area contributed by atoms with Crippen LogP contribution in [-0.2, 0) is 19.5 Å². The number of halogens is 1. The first-order valence-electron chi connectivity index (χ1n) is 22.6. The third-order valence-electron chi connectivity index (χ3n) is 13.4. The van der Waals surface area contributed by atoms with Gasteiger partial charge >= 0.3 is 0 Å². The summed E-state index contributed by atoms with van der Waals surface area (Å²) in [6, 6.07) is 21.0. The van der Waals surface area contributed by atoms with Crippen molar-refractivity contribution >= 4 is 72.6 Å². The molecule has 3 N–H and O–H groups in total. The summed E-state index contributed by atoms with van der Waals surface area (Å²) in [6.45, 7) is 8.59. The van der Waals surface area contributed by atoms with Gasteiger partial charge in [0.1, 0.15) is 17.0 Å². The highest BCUT2D eigenvalue weighted by Crippen LogP contribution is 2.42. The number of carbonyl (C=O) groups excluding carboxylic acids is 1. The number of H-pyrrole nitrogens is 1. The third kappa shape index (κ3) is 9.86. The van der Waals surface area contributed by atoms with E-state index >= 15 is 0 Å². The van der Waals surface area contributed by atoms with Crippen LogP contribution in [0.4, 0.5) is 28.4 Å². The highest BCUT2D eigenvalue weighted by atomic mass is 35.5. The van der Waals surface area contributed by atoms with Gasteiger partial charge in [0.2, 0.25) is 5.88 Å². The zero-order valence-corrected chi connectivity index (χ0v) is 38.8. The van der Waals surface area contributed by atoms with Crippen LogP contribution < -0.4 is 24.6 Å². The van der Waals surface area contributed by atoms with Gasteiger partial charge in [-0.3, -0.25) is 19.8 Å². The molecule has 1 aliphatic carbocycles. The number of piperazine rings is 1. The van der Waals surface area contributed by atoms with E-state index in [2.05, 4.69) is 43.9 Å². The standard InChI is InChI=1S/C48H55ClN8O8S/c1-48(63-2)16-12-39(33-4-6-36(49)7-5-33)35(29-48)31-54-19-21-55(22-20-54)37-8-10-40(42(27-37)56-18-3-23-65-47-44(56)26-34-13-17-50-45(34)52-47)46(58)53-66(61,62)38-9-11-41(43(28-38)57(59)60)51-30-32-14-24-64-25-15-32/h4-11,13,17,26-28,32,51H,3,12,14-16,18-25,29-31H2,1-2H3,(H,50,52)(H,53,58). The fraction of sp³-hybridized carbons (Fsp3) is 0.417. The number of nitrogens with zero attached hydrogens (tertiary/aromatic N) is 5. The van der Waals surface area contributed by atoms with Gasteiger partial charge in [-0.25, -0.2) is 13.1 Å². The Morgan fingerprint density at radius 2 is 1.79 bits per heavy atom. The van der Waals surface area contributed by atoms with Crippen molar-refractivity contribution in [2.24, 2.45) is 5.92 Å². The van der Waals surface area contributed by atoms with Gasteiger partial charge in [0.15, 0.2) is 0 Å². The highest BCUT2D eigenvalue weighted by Gasteiger charge is 2.34. The van der Waals surface area contributed by atoms with Crippen molar-refractivity contribution in [2.75, 3.05) is 87.9 Å². The lowest BCUT2D eigenvalue weighted by molar-refractivity contribution is -0.384. The van der Waals surface area contributed by atoms with Crippen molar-refractivity contribution in [1.82, 2.24) is 19.6 Å². The highest BCUT2D eigenvalue weighted by molar-refractivity contribution is 7.90. The number of pyridine rings is 1. The van der Waals surface area contributed by atoms with Crippen LogP contribution in [-0.4, -0.2) is 112 Å². The number of fused-ring (bicyclic) bond motifs is 2. The van der Waals surface area contributed by atoms with Gasteiger partial charge in [-0.2, -0.15) is 4.98 Å². The molecule has 5 heterocycles. The zero-order valence-electron chi connectivity index (χ0n) is 37.2. The van der Waals surface area contributed by atoms with Gasteiger partial charge < -0.3 is 34.3 Å². The van der Waals surface area contributed by atoms with Gasteiger partial charge in [0, 0.05) is 94.5 Å². The minimum Gasteiger partial charge on any atom is -0.476 e. The molecule has 2 aromatic heterocycles. The second kappa shape index (κ2) is 19.2. The molecule has 0 spiro atoms. The summed E-state index contributed by atoms with van der Waals surface area (Å²) in [7, 11) is -2.78. The Kier molecular flexibility index (Phi) is 13.3. The average Bonchev–Trinajstić information content (AvgIpc) is 3.69.